The minimum absolute atomic E-state index is 0.251. The summed E-state index contributed by atoms with van der Waals surface area (Å²) in [6.07, 6.45) is 5.17. The quantitative estimate of drug-likeness (QED) is 0.684. The first-order valence-electron chi connectivity index (χ1n) is 7.80. The zero-order valence-corrected chi connectivity index (χ0v) is 13.4. The van der Waals surface area contributed by atoms with Gasteiger partial charge in [-0.05, 0) is 54.5 Å². The third-order valence-corrected chi connectivity index (χ3v) is 3.78. The highest BCUT2D eigenvalue weighted by atomic mass is 16.4. The van der Waals surface area contributed by atoms with Crippen LogP contribution < -0.4 is 5.73 Å². The van der Waals surface area contributed by atoms with Crippen molar-refractivity contribution in [2.45, 2.75) is 52.4 Å². The summed E-state index contributed by atoms with van der Waals surface area (Å²) in [5, 5.41) is 9.44. The fourth-order valence-corrected chi connectivity index (χ4v) is 2.45. The van der Waals surface area contributed by atoms with Crippen molar-refractivity contribution in [2.24, 2.45) is 5.73 Å². The maximum Gasteiger partial charge on any atom is 0.335 e. The topological polar surface area (TPSA) is 80.4 Å². The third-order valence-electron chi connectivity index (χ3n) is 3.78. The van der Waals surface area contributed by atoms with Crippen LogP contribution in [0.25, 0.3) is 5.57 Å². The van der Waals surface area contributed by atoms with Crippen molar-refractivity contribution >= 4 is 17.4 Å². The van der Waals surface area contributed by atoms with E-state index < -0.39 is 11.9 Å². The molecule has 0 unspecified atom stereocenters. The number of carbonyl (C=O) groups excluding carboxylic acids is 1. The summed E-state index contributed by atoms with van der Waals surface area (Å²) < 4.78 is 0. The van der Waals surface area contributed by atoms with Crippen LogP contribution in [-0.4, -0.2) is 17.0 Å². The first-order chi connectivity index (χ1) is 10.4. The summed E-state index contributed by atoms with van der Waals surface area (Å²) in [7, 11) is 0. The SMILES string of the molecule is C=C(C(N)=O)c1cc(CCCC)c(C(=O)O)cc1CCCC. The van der Waals surface area contributed by atoms with Gasteiger partial charge in [-0.15, -0.1) is 0 Å². The number of carboxylic acids is 1. The Kier molecular flexibility index (Phi) is 6.83. The van der Waals surface area contributed by atoms with E-state index in [1.807, 2.05) is 0 Å². The highest BCUT2D eigenvalue weighted by Gasteiger charge is 2.17. The van der Waals surface area contributed by atoms with Gasteiger partial charge in [-0.3, -0.25) is 4.79 Å². The number of benzene rings is 1. The number of nitrogens with two attached hydrogens (primary N) is 1. The molecule has 1 aromatic rings. The molecule has 22 heavy (non-hydrogen) atoms. The zero-order chi connectivity index (χ0) is 16.7. The molecule has 0 bridgehead atoms. The molecule has 0 spiro atoms. The predicted octanol–water partition coefficient (Wildman–Crippen LogP) is 3.57. The molecule has 1 aromatic carbocycles. The van der Waals surface area contributed by atoms with Gasteiger partial charge < -0.3 is 10.8 Å². The number of hydrogen-bond acceptors (Lipinski definition) is 2. The second-order valence-electron chi connectivity index (χ2n) is 5.52. The molecule has 1 amide bonds. The molecule has 4 nitrogen and oxygen atoms in total. The number of hydrogen-bond donors (Lipinski definition) is 2. The number of carbonyl (C=O) groups is 2. The maximum absolute atomic E-state index is 11.5. The van der Waals surface area contributed by atoms with Crippen molar-refractivity contribution in [3.63, 3.8) is 0 Å². The predicted molar refractivity (Wildman–Crippen MR) is 88.9 cm³/mol. The van der Waals surface area contributed by atoms with Crippen molar-refractivity contribution in [1.29, 1.82) is 0 Å². The van der Waals surface area contributed by atoms with Crippen LogP contribution in [0.1, 0.15) is 66.6 Å². The molecule has 0 heterocycles. The Morgan fingerprint density at radius 3 is 1.91 bits per heavy atom. The van der Waals surface area contributed by atoms with E-state index in [-0.39, 0.29) is 5.57 Å². The van der Waals surface area contributed by atoms with Crippen LogP contribution in [0.2, 0.25) is 0 Å². The van der Waals surface area contributed by atoms with Crippen molar-refractivity contribution in [3.05, 3.63) is 41.0 Å². The molecule has 0 saturated carbocycles. The minimum Gasteiger partial charge on any atom is -0.478 e. The summed E-state index contributed by atoms with van der Waals surface area (Å²) >= 11 is 0. The van der Waals surface area contributed by atoms with Gasteiger partial charge in [0.05, 0.1) is 5.56 Å². The van der Waals surface area contributed by atoms with E-state index in [1.165, 1.54) is 0 Å². The van der Waals surface area contributed by atoms with Crippen molar-refractivity contribution in [2.75, 3.05) is 0 Å². The molecule has 0 fully saturated rings. The number of rotatable bonds is 9. The zero-order valence-electron chi connectivity index (χ0n) is 13.4. The highest BCUT2D eigenvalue weighted by Crippen LogP contribution is 2.26. The third kappa shape index (κ3) is 4.45. The Bertz CT molecular complexity index is 576. The molecular formula is C18H25NO3. The molecule has 3 N–H and O–H groups in total. The molecule has 4 heteroatoms. The first kappa shape index (κ1) is 18.0. The number of unbranched alkanes of at least 4 members (excludes halogenated alkanes) is 2. The molecule has 0 atom stereocenters. The molecule has 0 radical (unpaired) electrons. The number of aryl methyl sites for hydroxylation is 2. The Balaban J connectivity index is 3.39. The van der Waals surface area contributed by atoms with Gasteiger partial charge in [0, 0.05) is 5.57 Å². The van der Waals surface area contributed by atoms with E-state index in [0.717, 1.165) is 36.8 Å². The Labute approximate surface area is 132 Å². The van der Waals surface area contributed by atoms with Crippen LogP contribution in [0.4, 0.5) is 0 Å². The van der Waals surface area contributed by atoms with Crippen molar-refractivity contribution in [1.82, 2.24) is 0 Å². The van der Waals surface area contributed by atoms with E-state index in [4.69, 9.17) is 5.73 Å². The second kappa shape index (κ2) is 8.37. The number of amides is 1. The lowest BCUT2D eigenvalue weighted by Crippen LogP contribution is -2.15. The summed E-state index contributed by atoms with van der Waals surface area (Å²) in [6, 6.07) is 3.48. The van der Waals surface area contributed by atoms with Gasteiger partial charge >= 0.3 is 5.97 Å². The van der Waals surface area contributed by atoms with Crippen LogP contribution in [0, 0.1) is 0 Å². The molecular weight excluding hydrogens is 278 g/mol. The number of primary amides is 1. The van der Waals surface area contributed by atoms with Gasteiger partial charge in [0.15, 0.2) is 0 Å². The first-order valence-corrected chi connectivity index (χ1v) is 7.80. The van der Waals surface area contributed by atoms with Gasteiger partial charge in [-0.2, -0.15) is 0 Å². The Hall–Kier alpha value is -2.10. The molecule has 0 aliphatic heterocycles. The van der Waals surface area contributed by atoms with E-state index in [0.29, 0.717) is 24.0 Å². The van der Waals surface area contributed by atoms with E-state index in [1.54, 1.807) is 12.1 Å². The average molecular weight is 303 g/mol. The Morgan fingerprint density at radius 1 is 1.05 bits per heavy atom. The van der Waals surface area contributed by atoms with Gasteiger partial charge in [0.2, 0.25) is 5.91 Å². The van der Waals surface area contributed by atoms with Gasteiger partial charge in [-0.25, -0.2) is 4.79 Å². The molecule has 120 valence electrons. The molecule has 0 aromatic heterocycles. The smallest absolute Gasteiger partial charge is 0.335 e. The maximum atomic E-state index is 11.5. The second-order valence-corrected chi connectivity index (χ2v) is 5.52. The van der Waals surface area contributed by atoms with E-state index >= 15 is 0 Å². The fourth-order valence-electron chi connectivity index (χ4n) is 2.45. The summed E-state index contributed by atoms with van der Waals surface area (Å²) in [4.78, 5) is 23.0. The van der Waals surface area contributed by atoms with Crippen molar-refractivity contribution in [3.8, 4) is 0 Å². The van der Waals surface area contributed by atoms with Gasteiger partial charge in [0.25, 0.3) is 0 Å². The van der Waals surface area contributed by atoms with Crippen LogP contribution in [0.5, 0.6) is 0 Å². The molecule has 1 rings (SSSR count). The average Bonchev–Trinajstić information content (AvgIpc) is 2.49. The van der Waals surface area contributed by atoms with Gasteiger partial charge in [-0.1, -0.05) is 33.3 Å². The molecule has 0 aliphatic carbocycles. The number of carboxylic acid groups (broad SMARTS) is 1. The lowest BCUT2D eigenvalue weighted by molar-refractivity contribution is -0.112. The highest BCUT2D eigenvalue weighted by molar-refractivity contribution is 6.18. The summed E-state index contributed by atoms with van der Waals surface area (Å²) in [5.41, 5.74) is 8.20. The normalized spacial score (nSPS) is 10.5. The molecule has 0 saturated heterocycles. The Morgan fingerprint density at radius 2 is 1.50 bits per heavy atom. The van der Waals surface area contributed by atoms with Gasteiger partial charge in [0.1, 0.15) is 0 Å². The van der Waals surface area contributed by atoms with Crippen molar-refractivity contribution < 1.29 is 14.7 Å². The van der Waals surface area contributed by atoms with E-state index in [2.05, 4.69) is 20.4 Å². The summed E-state index contributed by atoms with van der Waals surface area (Å²) in [5.74, 6) is -1.50. The van der Waals surface area contributed by atoms with Crippen LogP contribution in [0.15, 0.2) is 18.7 Å². The standard InChI is InChI=1S/C18H25NO3/c1-4-6-8-13-11-16(18(21)22)14(9-7-5-2)10-15(13)12(3)17(19)20/h10-11H,3-9H2,1-2H3,(H2,19,20)(H,21,22). The van der Waals surface area contributed by atoms with Crippen LogP contribution in [0.3, 0.4) is 0 Å². The lowest BCUT2D eigenvalue weighted by Gasteiger charge is -2.15. The molecule has 0 aliphatic rings. The van der Waals surface area contributed by atoms with Crippen LogP contribution >= 0.6 is 0 Å². The van der Waals surface area contributed by atoms with E-state index in [9.17, 15) is 14.7 Å². The van der Waals surface area contributed by atoms with Crippen LogP contribution in [-0.2, 0) is 17.6 Å². The largest absolute Gasteiger partial charge is 0.478 e. The minimum atomic E-state index is -0.930. The summed E-state index contributed by atoms with van der Waals surface area (Å²) in [6.45, 7) is 7.89. The monoisotopic (exact) mass is 303 g/mol. The fraction of sp³-hybridized carbons (Fsp3) is 0.444. The number of aromatic carboxylic acids is 1. The lowest BCUT2D eigenvalue weighted by atomic mass is 9.89.